The number of rotatable bonds is 4. The molecule has 206 valence electrons. The van der Waals surface area contributed by atoms with E-state index < -0.39 is 0 Å². The Morgan fingerprint density at radius 2 is 1.23 bits per heavy atom. The number of benzene rings is 5. The van der Waals surface area contributed by atoms with Crippen LogP contribution in [-0.4, -0.2) is 19.1 Å². The maximum absolute atomic E-state index is 12.4. The molecular weight excluding hydrogens is 532 g/mol. The molecule has 43 heavy (non-hydrogen) atoms. The molecule has 8 rings (SSSR count). The quantitative estimate of drug-likeness (QED) is 0.218. The third-order valence-electron chi connectivity index (χ3n) is 8.22. The Morgan fingerprint density at radius 1 is 0.558 bits per heavy atom. The standard InChI is InChI=1S/C37H26N4O2/c1-40-32-20-19-26(21-33(32)41(2)37(40)42)23-15-17-24(18-16-23)30-22-31(39-36(38-30)25-9-4-3-5-10-25)29-13-8-12-28-27-11-6-7-14-34(27)43-35(28)29/h3-22H,1-2H3. The molecule has 0 saturated heterocycles. The molecule has 0 atom stereocenters. The fraction of sp³-hybridized carbons (Fsp3) is 0.0541. The van der Waals surface area contributed by atoms with Gasteiger partial charge in [-0.25, -0.2) is 14.8 Å². The molecule has 3 aromatic heterocycles. The van der Waals surface area contributed by atoms with Gasteiger partial charge in [0.15, 0.2) is 5.82 Å². The zero-order chi connectivity index (χ0) is 29.1. The van der Waals surface area contributed by atoms with Crippen molar-refractivity contribution >= 4 is 33.0 Å². The van der Waals surface area contributed by atoms with Crippen LogP contribution in [0.25, 0.3) is 78.0 Å². The van der Waals surface area contributed by atoms with Crippen molar-refractivity contribution in [1.82, 2.24) is 19.1 Å². The lowest BCUT2D eigenvalue weighted by atomic mass is 10.0. The second-order valence-corrected chi connectivity index (χ2v) is 10.8. The summed E-state index contributed by atoms with van der Waals surface area (Å²) in [4.78, 5) is 22.5. The summed E-state index contributed by atoms with van der Waals surface area (Å²) in [5.41, 5.74) is 10.0. The summed E-state index contributed by atoms with van der Waals surface area (Å²) in [5.74, 6) is 0.653. The van der Waals surface area contributed by atoms with Crippen LogP contribution in [0.5, 0.6) is 0 Å². The molecule has 3 heterocycles. The number of furan rings is 1. The van der Waals surface area contributed by atoms with E-state index in [1.54, 1.807) is 23.2 Å². The largest absolute Gasteiger partial charge is 0.455 e. The van der Waals surface area contributed by atoms with Gasteiger partial charge in [0.05, 0.1) is 22.4 Å². The van der Waals surface area contributed by atoms with Crippen molar-refractivity contribution in [2.75, 3.05) is 0 Å². The van der Waals surface area contributed by atoms with Crippen LogP contribution in [0.1, 0.15) is 0 Å². The predicted molar refractivity (Wildman–Crippen MR) is 173 cm³/mol. The van der Waals surface area contributed by atoms with Gasteiger partial charge in [-0.3, -0.25) is 9.13 Å². The molecule has 0 bridgehead atoms. The molecule has 0 aliphatic rings. The number of hydrogen-bond acceptors (Lipinski definition) is 4. The molecule has 0 saturated carbocycles. The minimum Gasteiger partial charge on any atom is -0.455 e. The van der Waals surface area contributed by atoms with E-state index in [0.717, 1.165) is 72.2 Å². The van der Waals surface area contributed by atoms with Crippen LogP contribution in [-0.2, 0) is 14.1 Å². The second kappa shape index (κ2) is 9.67. The summed E-state index contributed by atoms with van der Waals surface area (Å²) in [6.07, 6.45) is 0. The van der Waals surface area contributed by atoms with E-state index in [0.29, 0.717) is 5.82 Å². The second-order valence-electron chi connectivity index (χ2n) is 10.8. The fourth-order valence-electron chi connectivity index (χ4n) is 5.92. The van der Waals surface area contributed by atoms with E-state index in [1.165, 1.54) is 0 Å². The molecule has 6 heteroatoms. The van der Waals surface area contributed by atoms with Crippen LogP contribution >= 0.6 is 0 Å². The molecule has 6 nitrogen and oxygen atoms in total. The molecule has 0 radical (unpaired) electrons. The first-order valence-corrected chi connectivity index (χ1v) is 14.2. The number of para-hydroxylation sites is 2. The van der Waals surface area contributed by atoms with Crippen LogP contribution in [0.2, 0.25) is 0 Å². The number of hydrogen-bond donors (Lipinski definition) is 0. The Hall–Kier alpha value is -5.75. The first-order valence-electron chi connectivity index (χ1n) is 14.2. The average Bonchev–Trinajstić information content (AvgIpc) is 3.55. The van der Waals surface area contributed by atoms with Gasteiger partial charge >= 0.3 is 5.69 Å². The highest BCUT2D eigenvalue weighted by atomic mass is 16.3. The lowest BCUT2D eigenvalue weighted by Gasteiger charge is -2.10. The number of fused-ring (bicyclic) bond motifs is 4. The van der Waals surface area contributed by atoms with Crippen LogP contribution in [0.4, 0.5) is 0 Å². The van der Waals surface area contributed by atoms with Crippen LogP contribution in [0, 0.1) is 0 Å². The van der Waals surface area contributed by atoms with Gasteiger partial charge in [0.1, 0.15) is 11.2 Å². The Bertz CT molecular complexity index is 2380. The summed E-state index contributed by atoms with van der Waals surface area (Å²) in [6, 6.07) is 40.9. The van der Waals surface area contributed by atoms with Crippen molar-refractivity contribution in [3.63, 3.8) is 0 Å². The van der Waals surface area contributed by atoms with E-state index in [-0.39, 0.29) is 5.69 Å². The van der Waals surface area contributed by atoms with Gasteiger partial charge in [-0.05, 0) is 41.5 Å². The molecule has 0 fully saturated rings. The molecular formula is C37H26N4O2. The summed E-state index contributed by atoms with van der Waals surface area (Å²) in [5, 5.41) is 2.15. The molecule has 0 amide bonds. The molecule has 8 aromatic rings. The topological polar surface area (TPSA) is 65.8 Å². The van der Waals surface area contributed by atoms with E-state index in [9.17, 15) is 4.79 Å². The number of aryl methyl sites for hydroxylation is 2. The van der Waals surface area contributed by atoms with Crippen molar-refractivity contribution in [1.29, 1.82) is 0 Å². The molecule has 0 aliphatic heterocycles. The van der Waals surface area contributed by atoms with E-state index >= 15 is 0 Å². The maximum atomic E-state index is 12.4. The smallest absolute Gasteiger partial charge is 0.328 e. The highest BCUT2D eigenvalue weighted by molar-refractivity contribution is 6.09. The summed E-state index contributed by atoms with van der Waals surface area (Å²) < 4.78 is 9.71. The molecule has 0 unspecified atom stereocenters. The lowest BCUT2D eigenvalue weighted by Crippen LogP contribution is -2.19. The van der Waals surface area contributed by atoms with Gasteiger partial charge in [0.25, 0.3) is 0 Å². The zero-order valence-electron chi connectivity index (χ0n) is 23.7. The SMILES string of the molecule is Cn1c(=O)n(C)c2cc(-c3ccc(-c4cc(-c5cccc6c5oc5ccccc56)nc(-c5ccccc5)n4)cc3)ccc21. The predicted octanol–water partition coefficient (Wildman–Crippen LogP) is 8.23. The molecule has 0 spiro atoms. The molecule has 0 N–H and O–H groups in total. The van der Waals surface area contributed by atoms with Gasteiger partial charge in [0.2, 0.25) is 0 Å². The third-order valence-corrected chi connectivity index (χ3v) is 8.22. The molecule has 5 aromatic carbocycles. The van der Waals surface area contributed by atoms with E-state index in [1.807, 2.05) is 60.7 Å². The van der Waals surface area contributed by atoms with Crippen molar-refractivity contribution in [3.05, 3.63) is 132 Å². The third kappa shape index (κ3) is 4.07. The number of nitrogens with zero attached hydrogens (tertiary/aromatic N) is 4. The highest BCUT2D eigenvalue weighted by Crippen LogP contribution is 2.37. The fourth-order valence-corrected chi connectivity index (χ4v) is 5.92. The number of aromatic nitrogens is 4. The minimum atomic E-state index is -0.0328. The number of imidazole rings is 1. The monoisotopic (exact) mass is 558 g/mol. The summed E-state index contributed by atoms with van der Waals surface area (Å²) in [7, 11) is 3.61. The zero-order valence-corrected chi connectivity index (χ0v) is 23.7. The van der Waals surface area contributed by atoms with Gasteiger partial charge in [-0.2, -0.15) is 0 Å². The van der Waals surface area contributed by atoms with E-state index in [4.69, 9.17) is 14.4 Å². The van der Waals surface area contributed by atoms with Gasteiger partial charge in [-0.15, -0.1) is 0 Å². The Labute approximate surface area is 247 Å². The van der Waals surface area contributed by atoms with Crippen molar-refractivity contribution in [3.8, 4) is 45.0 Å². The van der Waals surface area contributed by atoms with Crippen LogP contribution in [0.15, 0.2) is 131 Å². The summed E-state index contributed by atoms with van der Waals surface area (Å²) in [6.45, 7) is 0. The van der Waals surface area contributed by atoms with Gasteiger partial charge in [0, 0.05) is 41.6 Å². The van der Waals surface area contributed by atoms with Crippen LogP contribution < -0.4 is 5.69 Å². The average molecular weight is 559 g/mol. The van der Waals surface area contributed by atoms with Crippen molar-refractivity contribution in [2.45, 2.75) is 0 Å². The molecule has 0 aliphatic carbocycles. The van der Waals surface area contributed by atoms with Crippen LogP contribution in [0.3, 0.4) is 0 Å². The summed E-state index contributed by atoms with van der Waals surface area (Å²) >= 11 is 0. The Morgan fingerprint density at radius 3 is 2.07 bits per heavy atom. The highest BCUT2D eigenvalue weighted by Gasteiger charge is 2.16. The van der Waals surface area contributed by atoms with Crippen molar-refractivity contribution in [2.24, 2.45) is 14.1 Å². The van der Waals surface area contributed by atoms with Gasteiger partial charge < -0.3 is 4.42 Å². The maximum Gasteiger partial charge on any atom is 0.328 e. The van der Waals surface area contributed by atoms with E-state index in [2.05, 4.69) is 60.7 Å². The van der Waals surface area contributed by atoms with Gasteiger partial charge in [-0.1, -0.05) is 91.0 Å². The normalized spacial score (nSPS) is 11.6. The Balaban J connectivity index is 1.26. The lowest BCUT2D eigenvalue weighted by molar-refractivity contribution is 0.670. The Kier molecular flexibility index (Phi) is 5.62. The first-order chi connectivity index (χ1) is 21.0. The minimum absolute atomic E-state index is 0.0328. The first kappa shape index (κ1) is 25.0. The van der Waals surface area contributed by atoms with Crippen molar-refractivity contribution < 1.29 is 4.42 Å².